The van der Waals surface area contributed by atoms with Crippen molar-refractivity contribution in [3.63, 3.8) is 0 Å². The zero-order valence-corrected chi connectivity index (χ0v) is 7.15. The van der Waals surface area contributed by atoms with Crippen LogP contribution in [0.5, 0.6) is 0 Å². The second-order valence-electron chi connectivity index (χ2n) is 2.21. The molecule has 0 aliphatic rings. The van der Waals surface area contributed by atoms with Gasteiger partial charge in [-0.05, 0) is 5.92 Å². The fourth-order valence-electron chi connectivity index (χ4n) is 0.871. The number of nitrogens with zero attached hydrogens (tertiary/aromatic N) is 4. The molecule has 2 rings (SSSR count). The van der Waals surface area contributed by atoms with Crippen molar-refractivity contribution in [3.8, 4) is 12.3 Å². The van der Waals surface area contributed by atoms with E-state index in [1.807, 2.05) is 0 Å². The Hall–Kier alpha value is -1.73. The normalized spacial score (nSPS) is 9.85. The lowest BCUT2D eigenvalue weighted by molar-refractivity contribution is 1.14. The van der Waals surface area contributed by atoms with Crippen LogP contribution in [0.4, 0.5) is 0 Å². The van der Waals surface area contributed by atoms with Gasteiger partial charge in [-0.3, -0.25) is 0 Å². The molecule has 0 atom stereocenters. The van der Waals surface area contributed by atoms with Crippen LogP contribution in [0.2, 0.25) is 5.15 Å². The van der Waals surface area contributed by atoms with Crippen LogP contribution in [0.1, 0.15) is 5.69 Å². The third kappa shape index (κ3) is 1.30. The molecule has 0 fully saturated rings. The molecule has 5 heteroatoms. The first-order chi connectivity index (χ1) is 6.31. The average Bonchev–Trinajstić information content (AvgIpc) is 2.17. The molecule has 0 aliphatic carbocycles. The number of aromatic nitrogens is 4. The average molecular weight is 191 g/mol. The van der Waals surface area contributed by atoms with Gasteiger partial charge in [0.25, 0.3) is 0 Å². The van der Waals surface area contributed by atoms with Crippen LogP contribution in [0.25, 0.3) is 11.3 Å². The van der Waals surface area contributed by atoms with Crippen molar-refractivity contribution in [2.24, 2.45) is 0 Å². The van der Waals surface area contributed by atoms with E-state index in [1.54, 1.807) is 0 Å². The second-order valence-corrected chi connectivity index (χ2v) is 2.57. The molecule has 0 bridgehead atoms. The Bertz CT molecular complexity index is 503. The zero-order valence-electron chi connectivity index (χ0n) is 6.40. The summed E-state index contributed by atoms with van der Waals surface area (Å²) >= 11 is 5.72. The summed E-state index contributed by atoms with van der Waals surface area (Å²) in [7, 11) is 0. The Labute approximate surface area is 79.0 Å². The molecule has 2 heterocycles. The number of terminal acetylenes is 1. The molecule has 4 nitrogen and oxygen atoms in total. The molecule has 0 radical (unpaired) electrons. The molecule has 2 aromatic rings. The molecular weight excluding hydrogens is 188 g/mol. The molecule has 0 spiro atoms. The van der Waals surface area contributed by atoms with Crippen LogP contribution < -0.4 is 0 Å². The summed E-state index contributed by atoms with van der Waals surface area (Å²) in [5, 5.41) is 0.176. The highest BCUT2D eigenvalue weighted by Crippen LogP contribution is 2.12. The van der Waals surface area contributed by atoms with Crippen molar-refractivity contribution in [2.45, 2.75) is 0 Å². The number of halogens is 1. The van der Waals surface area contributed by atoms with E-state index >= 15 is 0 Å². The summed E-state index contributed by atoms with van der Waals surface area (Å²) in [6, 6.07) is 0. The molecule has 13 heavy (non-hydrogen) atoms. The molecule has 0 saturated heterocycles. The predicted molar refractivity (Wildman–Crippen MR) is 48.1 cm³/mol. The van der Waals surface area contributed by atoms with E-state index in [9.17, 15) is 0 Å². The first-order valence-corrected chi connectivity index (χ1v) is 3.80. The van der Waals surface area contributed by atoms with Crippen LogP contribution in [-0.2, 0) is 0 Å². The van der Waals surface area contributed by atoms with Crippen molar-refractivity contribution in [3.05, 3.63) is 23.2 Å². The van der Waals surface area contributed by atoms with Crippen LogP contribution in [0, 0.1) is 12.3 Å². The highest BCUT2D eigenvalue weighted by Gasteiger charge is 2.04. The maximum absolute atomic E-state index is 5.72. The van der Waals surface area contributed by atoms with Gasteiger partial charge in [-0.2, -0.15) is 0 Å². The summed E-state index contributed by atoms with van der Waals surface area (Å²) in [5.74, 6) is 2.31. The smallest absolute Gasteiger partial charge is 0.199 e. The third-order valence-corrected chi connectivity index (χ3v) is 1.68. The standard InChI is InChI=1S/C8H3ClN4/c1-2-5-6(9)13-8-7(12-5)10-3-4-11-8/h1,3-4H. The van der Waals surface area contributed by atoms with Crippen molar-refractivity contribution in [1.82, 2.24) is 19.9 Å². The van der Waals surface area contributed by atoms with Gasteiger partial charge in [0.15, 0.2) is 22.1 Å². The summed E-state index contributed by atoms with van der Waals surface area (Å²) in [4.78, 5) is 15.8. The minimum Gasteiger partial charge on any atom is -0.232 e. The van der Waals surface area contributed by atoms with Crippen molar-refractivity contribution < 1.29 is 0 Å². The lowest BCUT2D eigenvalue weighted by Crippen LogP contribution is -1.94. The minimum atomic E-state index is 0.176. The highest BCUT2D eigenvalue weighted by atomic mass is 35.5. The maximum atomic E-state index is 5.72. The lowest BCUT2D eigenvalue weighted by Gasteiger charge is -1.96. The summed E-state index contributed by atoms with van der Waals surface area (Å²) < 4.78 is 0. The van der Waals surface area contributed by atoms with E-state index in [2.05, 4.69) is 25.9 Å². The van der Waals surface area contributed by atoms with Gasteiger partial charge in [-0.25, -0.2) is 19.9 Å². The summed E-state index contributed by atoms with van der Waals surface area (Å²) in [6.07, 6.45) is 8.19. The van der Waals surface area contributed by atoms with Crippen molar-refractivity contribution in [1.29, 1.82) is 0 Å². The van der Waals surface area contributed by atoms with E-state index in [1.165, 1.54) is 12.4 Å². The number of rotatable bonds is 0. The SMILES string of the molecule is C#Cc1nc2nccnc2nc1Cl. The van der Waals surface area contributed by atoms with Gasteiger partial charge in [0.05, 0.1) is 0 Å². The molecular formula is C8H3ClN4. The molecule has 0 aliphatic heterocycles. The van der Waals surface area contributed by atoms with Gasteiger partial charge in [0.1, 0.15) is 0 Å². The monoisotopic (exact) mass is 190 g/mol. The molecule has 0 saturated carbocycles. The Morgan fingerprint density at radius 1 is 1.15 bits per heavy atom. The highest BCUT2D eigenvalue weighted by molar-refractivity contribution is 6.30. The fourth-order valence-corrected chi connectivity index (χ4v) is 1.05. The van der Waals surface area contributed by atoms with Gasteiger partial charge in [-0.15, -0.1) is 6.42 Å². The lowest BCUT2D eigenvalue weighted by atomic mass is 10.4. The number of hydrogen-bond acceptors (Lipinski definition) is 4. The van der Waals surface area contributed by atoms with Gasteiger partial charge in [0.2, 0.25) is 0 Å². The van der Waals surface area contributed by atoms with E-state index in [0.29, 0.717) is 11.3 Å². The first kappa shape index (κ1) is 7.90. The Balaban J connectivity index is 2.83. The van der Waals surface area contributed by atoms with Crippen LogP contribution in [0.15, 0.2) is 12.4 Å². The first-order valence-electron chi connectivity index (χ1n) is 3.42. The Kier molecular flexibility index (Phi) is 1.80. The zero-order chi connectivity index (χ0) is 9.26. The summed E-state index contributed by atoms with van der Waals surface area (Å²) in [5.41, 5.74) is 1.08. The minimum absolute atomic E-state index is 0.176. The quantitative estimate of drug-likeness (QED) is 0.583. The Morgan fingerprint density at radius 3 is 2.38 bits per heavy atom. The topological polar surface area (TPSA) is 51.6 Å². The largest absolute Gasteiger partial charge is 0.232 e. The van der Waals surface area contributed by atoms with Gasteiger partial charge in [0, 0.05) is 12.4 Å². The van der Waals surface area contributed by atoms with Crippen LogP contribution in [-0.4, -0.2) is 19.9 Å². The fraction of sp³-hybridized carbons (Fsp3) is 0. The van der Waals surface area contributed by atoms with E-state index in [4.69, 9.17) is 18.0 Å². The molecule has 2 aromatic heterocycles. The number of hydrogen-bond donors (Lipinski definition) is 0. The molecule has 0 N–H and O–H groups in total. The Morgan fingerprint density at radius 2 is 1.77 bits per heavy atom. The summed E-state index contributed by atoms with van der Waals surface area (Å²) in [6.45, 7) is 0. The van der Waals surface area contributed by atoms with Crippen LogP contribution >= 0.6 is 11.6 Å². The van der Waals surface area contributed by atoms with Gasteiger partial charge >= 0.3 is 0 Å². The maximum Gasteiger partial charge on any atom is 0.199 e. The van der Waals surface area contributed by atoms with E-state index in [0.717, 1.165) is 0 Å². The van der Waals surface area contributed by atoms with Gasteiger partial charge < -0.3 is 0 Å². The number of fused-ring (bicyclic) bond motifs is 1. The molecule has 0 unspecified atom stereocenters. The van der Waals surface area contributed by atoms with Crippen molar-refractivity contribution >= 4 is 22.9 Å². The molecule has 0 amide bonds. The second kappa shape index (κ2) is 2.96. The van der Waals surface area contributed by atoms with Crippen LogP contribution in [0.3, 0.4) is 0 Å². The van der Waals surface area contributed by atoms with E-state index in [-0.39, 0.29) is 10.8 Å². The van der Waals surface area contributed by atoms with Crippen molar-refractivity contribution in [2.75, 3.05) is 0 Å². The molecule has 0 aromatic carbocycles. The predicted octanol–water partition coefficient (Wildman–Crippen LogP) is 1.05. The molecule has 62 valence electrons. The van der Waals surface area contributed by atoms with E-state index < -0.39 is 0 Å². The third-order valence-electron chi connectivity index (χ3n) is 1.41. The van der Waals surface area contributed by atoms with Gasteiger partial charge in [-0.1, -0.05) is 11.6 Å².